The van der Waals surface area contributed by atoms with E-state index in [0.717, 1.165) is 17.0 Å². The first kappa shape index (κ1) is 18.8. The maximum Gasteiger partial charge on any atom is 0.253 e. The number of aryl methyl sites for hydroxylation is 1. The van der Waals surface area contributed by atoms with Gasteiger partial charge in [0.2, 0.25) is 5.95 Å². The Kier molecular flexibility index (Phi) is 6.06. The van der Waals surface area contributed by atoms with Crippen LogP contribution in [-0.4, -0.2) is 71.4 Å². The summed E-state index contributed by atoms with van der Waals surface area (Å²) in [5.41, 5.74) is 3.06. The Labute approximate surface area is 147 Å². The molecule has 25 heavy (non-hydrogen) atoms. The van der Waals surface area contributed by atoms with Gasteiger partial charge in [-0.2, -0.15) is 0 Å². The summed E-state index contributed by atoms with van der Waals surface area (Å²) in [7, 11) is 5.36. The Morgan fingerprint density at radius 2 is 1.80 bits per heavy atom. The van der Waals surface area contributed by atoms with Crippen LogP contribution in [0, 0.1) is 6.92 Å². The van der Waals surface area contributed by atoms with Crippen LogP contribution in [0.15, 0.2) is 30.3 Å². The molecule has 1 aromatic carbocycles. The zero-order valence-electron chi connectivity index (χ0n) is 15.0. The van der Waals surface area contributed by atoms with Gasteiger partial charge in [0.05, 0.1) is 18.4 Å². The number of aliphatic hydroxyl groups is 2. The summed E-state index contributed by atoms with van der Waals surface area (Å²) in [4.78, 5) is 24.5. The van der Waals surface area contributed by atoms with E-state index in [1.807, 2.05) is 44.1 Å². The number of carbonyl (C=O) groups is 1. The molecule has 0 spiro atoms. The lowest BCUT2D eigenvalue weighted by Gasteiger charge is -2.20. The molecule has 1 atom stereocenters. The predicted molar refractivity (Wildman–Crippen MR) is 96.6 cm³/mol. The highest BCUT2D eigenvalue weighted by atomic mass is 16.3. The highest BCUT2D eigenvalue weighted by molar-refractivity contribution is 5.94. The number of carbonyl (C=O) groups excluding carboxylic acids is 1. The lowest BCUT2D eigenvalue weighted by atomic mass is 10.1. The van der Waals surface area contributed by atoms with Gasteiger partial charge in [-0.05, 0) is 25.1 Å². The number of amides is 1. The molecule has 1 amide bonds. The van der Waals surface area contributed by atoms with Crippen molar-refractivity contribution in [1.82, 2.24) is 14.9 Å². The average Bonchev–Trinajstić information content (AvgIpc) is 2.60. The summed E-state index contributed by atoms with van der Waals surface area (Å²) in [6, 6.07) is 9.03. The smallest absolute Gasteiger partial charge is 0.253 e. The maximum atomic E-state index is 12.3. The van der Waals surface area contributed by atoms with E-state index in [2.05, 4.69) is 9.97 Å². The topological polar surface area (TPSA) is 89.8 Å². The van der Waals surface area contributed by atoms with E-state index < -0.39 is 6.10 Å². The van der Waals surface area contributed by atoms with E-state index in [0.29, 0.717) is 11.5 Å². The molecule has 7 heteroatoms. The molecule has 2 N–H and O–H groups in total. The molecule has 0 fully saturated rings. The second kappa shape index (κ2) is 8.04. The second-order valence-corrected chi connectivity index (χ2v) is 6.19. The highest BCUT2D eigenvalue weighted by Gasteiger charge is 2.15. The molecule has 7 nitrogen and oxygen atoms in total. The van der Waals surface area contributed by atoms with Crippen molar-refractivity contribution in [2.45, 2.75) is 13.0 Å². The summed E-state index contributed by atoms with van der Waals surface area (Å²) in [5, 5.41) is 18.3. The number of benzene rings is 1. The van der Waals surface area contributed by atoms with E-state index in [9.17, 15) is 9.90 Å². The largest absolute Gasteiger partial charge is 0.394 e. The normalized spacial score (nSPS) is 11.9. The molecule has 1 heterocycles. The number of nitrogens with zero attached hydrogens (tertiary/aromatic N) is 4. The fraction of sp³-hybridized carbons (Fsp3) is 0.389. The third kappa shape index (κ3) is 4.74. The Bertz CT molecular complexity index is 732. The van der Waals surface area contributed by atoms with Gasteiger partial charge in [-0.3, -0.25) is 4.79 Å². The molecule has 1 aromatic heterocycles. The molecular weight excluding hydrogens is 320 g/mol. The molecule has 0 saturated heterocycles. The van der Waals surface area contributed by atoms with Crippen LogP contribution in [0.5, 0.6) is 0 Å². The van der Waals surface area contributed by atoms with Crippen molar-refractivity contribution in [1.29, 1.82) is 0 Å². The quantitative estimate of drug-likeness (QED) is 0.811. The molecule has 0 saturated carbocycles. The summed E-state index contributed by atoms with van der Waals surface area (Å²) >= 11 is 0. The summed E-state index contributed by atoms with van der Waals surface area (Å²) in [6.07, 6.45) is -0.943. The van der Waals surface area contributed by atoms with E-state index in [4.69, 9.17) is 5.11 Å². The number of aromatic nitrogens is 2. The standard InChI is InChI=1S/C18H24N4O3/c1-12-9-16(20-18(19-12)21(2)3)13-5-7-14(8-6-13)17(25)22(4)10-15(24)11-23/h5-9,15,23-24H,10-11H2,1-4H3/t15-/m0/s1. The van der Waals surface area contributed by atoms with Crippen molar-refractivity contribution in [3.05, 3.63) is 41.6 Å². The molecule has 0 unspecified atom stereocenters. The fourth-order valence-electron chi connectivity index (χ4n) is 2.36. The first-order chi connectivity index (χ1) is 11.8. The zero-order valence-corrected chi connectivity index (χ0v) is 15.0. The third-order valence-corrected chi connectivity index (χ3v) is 3.71. The van der Waals surface area contributed by atoms with E-state index in [-0.39, 0.29) is 19.1 Å². The van der Waals surface area contributed by atoms with Crippen LogP contribution >= 0.6 is 0 Å². The van der Waals surface area contributed by atoms with Gasteiger partial charge in [-0.1, -0.05) is 12.1 Å². The van der Waals surface area contributed by atoms with Crippen LogP contribution in [0.4, 0.5) is 5.95 Å². The van der Waals surface area contributed by atoms with E-state index in [1.54, 1.807) is 19.2 Å². The Morgan fingerprint density at radius 3 is 2.36 bits per heavy atom. The molecule has 2 aromatic rings. The van der Waals surface area contributed by atoms with Crippen molar-refractivity contribution in [3.63, 3.8) is 0 Å². The van der Waals surface area contributed by atoms with E-state index in [1.165, 1.54) is 4.90 Å². The van der Waals surface area contributed by atoms with Crippen molar-refractivity contribution in [3.8, 4) is 11.3 Å². The first-order valence-electron chi connectivity index (χ1n) is 7.99. The average molecular weight is 344 g/mol. The SMILES string of the molecule is Cc1cc(-c2ccc(C(=O)N(C)C[C@H](O)CO)cc2)nc(N(C)C)n1. The number of hydrogen-bond donors (Lipinski definition) is 2. The predicted octanol–water partition coefficient (Wildman–Crippen LogP) is 0.943. The summed E-state index contributed by atoms with van der Waals surface area (Å²) in [6.45, 7) is 1.61. The van der Waals surface area contributed by atoms with Gasteiger partial charge in [0.1, 0.15) is 0 Å². The van der Waals surface area contributed by atoms with Crippen LogP contribution in [0.25, 0.3) is 11.3 Å². The zero-order chi connectivity index (χ0) is 18.6. The fourth-order valence-corrected chi connectivity index (χ4v) is 2.36. The number of likely N-dealkylation sites (N-methyl/N-ethyl adjacent to an activating group) is 1. The van der Waals surface area contributed by atoms with Gasteiger partial charge in [0.15, 0.2) is 0 Å². The second-order valence-electron chi connectivity index (χ2n) is 6.19. The lowest BCUT2D eigenvalue weighted by Crippen LogP contribution is -2.35. The number of rotatable bonds is 6. The van der Waals surface area contributed by atoms with Crippen LogP contribution in [-0.2, 0) is 0 Å². The van der Waals surface area contributed by atoms with Crippen LogP contribution in [0.3, 0.4) is 0 Å². The first-order valence-corrected chi connectivity index (χ1v) is 7.99. The monoisotopic (exact) mass is 344 g/mol. The minimum absolute atomic E-state index is 0.0778. The molecule has 0 aliphatic heterocycles. The van der Waals surface area contributed by atoms with Gasteiger partial charge in [0, 0.05) is 44.5 Å². The highest BCUT2D eigenvalue weighted by Crippen LogP contribution is 2.21. The molecule has 2 rings (SSSR count). The van der Waals surface area contributed by atoms with Crippen LogP contribution in [0.2, 0.25) is 0 Å². The Morgan fingerprint density at radius 1 is 1.16 bits per heavy atom. The minimum atomic E-state index is -0.943. The lowest BCUT2D eigenvalue weighted by molar-refractivity contribution is 0.0520. The molecule has 0 aliphatic carbocycles. The van der Waals surface area contributed by atoms with Crippen molar-refractivity contribution in [2.75, 3.05) is 39.2 Å². The van der Waals surface area contributed by atoms with Gasteiger partial charge in [-0.15, -0.1) is 0 Å². The molecule has 134 valence electrons. The number of hydrogen-bond acceptors (Lipinski definition) is 6. The molecule has 0 aliphatic rings. The minimum Gasteiger partial charge on any atom is -0.394 e. The molecule has 0 bridgehead atoms. The third-order valence-electron chi connectivity index (χ3n) is 3.71. The van der Waals surface area contributed by atoms with Gasteiger partial charge in [-0.25, -0.2) is 9.97 Å². The molecule has 0 radical (unpaired) electrons. The maximum absolute atomic E-state index is 12.3. The Hall–Kier alpha value is -2.51. The van der Waals surface area contributed by atoms with Gasteiger partial charge in [0.25, 0.3) is 5.91 Å². The van der Waals surface area contributed by atoms with Crippen molar-refractivity contribution < 1.29 is 15.0 Å². The number of anilines is 1. The summed E-state index contributed by atoms with van der Waals surface area (Å²) < 4.78 is 0. The summed E-state index contributed by atoms with van der Waals surface area (Å²) in [5.74, 6) is 0.416. The molecular formula is C18H24N4O3. The number of aliphatic hydroxyl groups excluding tert-OH is 2. The van der Waals surface area contributed by atoms with Gasteiger partial charge >= 0.3 is 0 Å². The van der Waals surface area contributed by atoms with E-state index >= 15 is 0 Å². The van der Waals surface area contributed by atoms with Crippen LogP contribution < -0.4 is 4.90 Å². The van der Waals surface area contributed by atoms with Gasteiger partial charge < -0.3 is 20.0 Å². The van der Waals surface area contributed by atoms with Crippen molar-refractivity contribution in [2.24, 2.45) is 0 Å². The van der Waals surface area contributed by atoms with Crippen LogP contribution in [0.1, 0.15) is 16.1 Å². The Balaban J connectivity index is 2.21. The van der Waals surface area contributed by atoms with Crippen molar-refractivity contribution >= 4 is 11.9 Å².